The number of nitrogens with zero attached hydrogens (tertiary/aromatic N) is 3. The van der Waals surface area contributed by atoms with E-state index in [1.54, 1.807) is 0 Å². The Balaban J connectivity index is 1.83. The Labute approximate surface area is 101 Å². The fourth-order valence-corrected chi connectivity index (χ4v) is 2.39. The molecule has 0 aromatic carbocycles. The van der Waals surface area contributed by atoms with Crippen LogP contribution >= 0.6 is 12.2 Å². The van der Waals surface area contributed by atoms with Gasteiger partial charge in [0, 0.05) is 25.7 Å². The topological polar surface area (TPSA) is 47.1 Å². The van der Waals surface area contributed by atoms with Gasteiger partial charge >= 0.3 is 0 Å². The molecule has 5 heteroatoms. The molecule has 0 spiro atoms. The lowest BCUT2D eigenvalue weighted by molar-refractivity contribution is 0.200. The minimum Gasteiger partial charge on any atom is -0.393 e. The van der Waals surface area contributed by atoms with Gasteiger partial charge in [-0.25, -0.2) is 0 Å². The Kier molecular flexibility index (Phi) is 3.56. The maximum atomic E-state index is 5.67. The molecule has 1 fully saturated rings. The van der Waals surface area contributed by atoms with Crippen LogP contribution in [0.5, 0.6) is 0 Å². The largest absolute Gasteiger partial charge is 0.393 e. The Morgan fingerprint density at radius 3 is 2.75 bits per heavy atom. The van der Waals surface area contributed by atoms with Gasteiger partial charge in [0.25, 0.3) is 0 Å². The number of hydrogen-bond acceptors (Lipinski definition) is 3. The monoisotopic (exact) mass is 238 g/mol. The molecule has 0 saturated carbocycles. The van der Waals surface area contributed by atoms with E-state index in [4.69, 9.17) is 18.0 Å². The minimum absolute atomic E-state index is 0.440. The van der Waals surface area contributed by atoms with Gasteiger partial charge < -0.3 is 5.73 Å². The lowest BCUT2D eigenvalue weighted by atomic mass is 9.97. The van der Waals surface area contributed by atoms with Gasteiger partial charge in [-0.1, -0.05) is 12.2 Å². The van der Waals surface area contributed by atoms with E-state index in [1.165, 1.54) is 0 Å². The van der Waals surface area contributed by atoms with Crippen molar-refractivity contribution in [3.63, 3.8) is 0 Å². The lowest BCUT2D eigenvalue weighted by Crippen LogP contribution is -2.37. The molecule has 0 bridgehead atoms. The summed E-state index contributed by atoms with van der Waals surface area (Å²) in [5, 5.41) is 4.38. The number of hydrogen-bond donors (Lipinski definition) is 1. The highest BCUT2D eigenvalue weighted by Gasteiger charge is 2.21. The molecule has 1 aliphatic heterocycles. The van der Waals surface area contributed by atoms with Gasteiger partial charge in [-0.05, 0) is 32.0 Å². The van der Waals surface area contributed by atoms with Crippen molar-refractivity contribution in [3.8, 4) is 0 Å². The first-order valence-corrected chi connectivity index (χ1v) is 6.06. The molecule has 1 aliphatic rings. The zero-order chi connectivity index (χ0) is 11.5. The molecule has 1 aromatic rings. The van der Waals surface area contributed by atoms with Gasteiger partial charge in [-0.2, -0.15) is 5.10 Å². The number of aromatic nitrogens is 2. The van der Waals surface area contributed by atoms with Gasteiger partial charge in [0.1, 0.15) is 0 Å². The van der Waals surface area contributed by atoms with Crippen molar-refractivity contribution in [3.05, 3.63) is 18.0 Å². The summed E-state index contributed by atoms with van der Waals surface area (Å²) in [6.07, 6.45) is 4.15. The summed E-state index contributed by atoms with van der Waals surface area (Å²) in [6.45, 7) is 3.07. The third-order valence-corrected chi connectivity index (χ3v) is 3.48. The highest BCUT2D eigenvalue weighted by Crippen LogP contribution is 2.18. The molecule has 2 N–H and O–H groups in total. The van der Waals surface area contributed by atoms with E-state index in [0.717, 1.165) is 38.2 Å². The van der Waals surface area contributed by atoms with Crippen LogP contribution in [-0.2, 0) is 13.6 Å². The van der Waals surface area contributed by atoms with Gasteiger partial charge in [0.15, 0.2) is 0 Å². The molecule has 2 rings (SSSR count). The zero-order valence-electron chi connectivity index (χ0n) is 9.59. The molecule has 0 aliphatic carbocycles. The molecular formula is C11H18N4S. The molecule has 0 unspecified atom stereocenters. The van der Waals surface area contributed by atoms with Gasteiger partial charge in [0.05, 0.1) is 10.7 Å². The minimum atomic E-state index is 0.440. The third kappa shape index (κ3) is 2.80. The summed E-state index contributed by atoms with van der Waals surface area (Å²) in [7, 11) is 1.95. The Morgan fingerprint density at radius 1 is 1.56 bits per heavy atom. The second-order valence-corrected chi connectivity index (χ2v) is 4.90. The van der Waals surface area contributed by atoms with Gasteiger partial charge in [-0.3, -0.25) is 9.58 Å². The van der Waals surface area contributed by atoms with Gasteiger partial charge in [-0.15, -0.1) is 0 Å². The summed E-state index contributed by atoms with van der Waals surface area (Å²) in [4.78, 5) is 3.09. The summed E-state index contributed by atoms with van der Waals surface area (Å²) < 4.78 is 1.84. The number of rotatable bonds is 3. The third-order valence-electron chi connectivity index (χ3n) is 3.14. The molecule has 1 aromatic heterocycles. The summed E-state index contributed by atoms with van der Waals surface area (Å²) in [6, 6.07) is 2.07. The quantitative estimate of drug-likeness (QED) is 0.795. The van der Waals surface area contributed by atoms with E-state index in [2.05, 4.69) is 16.1 Å². The van der Waals surface area contributed by atoms with Crippen LogP contribution in [0.4, 0.5) is 0 Å². The van der Waals surface area contributed by atoms with E-state index in [0.29, 0.717) is 10.9 Å². The first-order valence-electron chi connectivity index (χ1n) is 5.65. The van der Waals surface area contributed by atoms with Crippen LogP contribution in [0.15, 0.2) is 12.3 Å². The van der Waals surface area contributed by atoms with Crippen LogP contribution in [0, 0.1) is 5.92 Å². The van der Waals surface area contributed by atoms with Crippen molar-refractivity contribution in [2.24, 2.45) is 18.7 Å². The smallest absolute Gasteiger partial charge is 0.0764 e. The number of nitrogens with two attached hydrogens (primary N) is 1. The van der Waals surface area contributed by atoms with E-state index < -0.39 is 0 Å². The van der Waals surface area contributed by atoms with Crippen LogP contribution in [0.25, 0.3) is 0 Å². The number of likely N-dealkylation sites (tertiary alicyclic amines) is 1. The van der Waals surface area contributed by atoms with E-state index >= 15 is 0 Å². The van der Waals surface area contributed by atoms with Gasteiger partial charge in [0.2, 0.25) is 0 Å². The Morgan fingerprint density at radius 2 is 2.25 bits per heavy atom. The molecule has 16 heavy (non-hydrogen) atoms. The molecule has 1 saturated heterocycles. The number of aryl methyl sites for hydroxylation is 1. The average Bonchev–Trinajstić information content (AvgIpc) is 2.65. The maximum Gasteiger partial charge on any atom is 0.0764 e. The van der Waals surface area contributed by atoms with Crippen molar-refractivity contribution in [1.82, 2.24) is 14.7 Å². The molecular weight excluding hydrogens is 220 g/mol. The van der Waals surface area contributed by atoms with Crippen molar-refractivity contribution in [2.75, 3.05) is 13.1 Å². The number of piperidine rings is 1. The highest BCUT2D eigenvalue weighted by molar-refractivity contribution is 7.80. The van der Waals surface area contributed by atoms with E-state index in [1.807, 2.05) is 17.9 Å². The van der Waals surface area contributed by atoms with Crippen LogP contribution in [0.3, 0.4) is 0 Å². The molecule has 88 valence electrons. The maximum absolute atomic E-state index is 5.67. The van der Waals surface area contributed by atoms with E-state index in [9.17, 15) is 0 Å². The highest BCUT2D eigenvalue weighted by atomic mass is 32.1. The second kappa shape index (κ2) is 4.93. The molecule has 4 nitrogen and oxygen atoms in total. The first kappa shape index (κ1) is 11.5. The van der Waals surface area contributed by atoms with Crippen LogP contribution in [0.1, 0.15) is 18.5 Å². The fourth-order valence-electron chi connectivity index (χ4n) is 2.15. The predicted octanol–water partition coefficient (Wildman–Crippen LogP) is 0.918. The Bertz CT molecular complexity index is 366. The van der Waals surface area contributed by atoms with Crippen molar-refractivity contribution in [1.29, 1.82) is 0 Å². The summed E-state index contributed by atoms with van der Waals surface area (Å²) >= 11 is 5.03. The zero-order valence-corrected chi connectivity index (χ0v) is 10.4. The predicted molar refractivity (Wildman–Crippen MR) is 68.0 cm³/mol. The van der Waals surface area contributed by atoms with Crippen LogP contribution < -0.4 is 5.73 Å². The van der Waals surface area contributed by atoms with Crippen molar-refractivity contribution in [2.45, 2.75) is 19.4 Å². The van der Waals surface area contributed by atoms with Crippen molar-refractivity contribution < 1.29 is 0 Å². The molecule has 2 heterocycles. The Hall–Kier alpha value is -0.940. The average molecular weight is 238 g/mol. The SMILES string of the molecule is Cn1ccc(CN2CCC(C(N)=S)CC2)n1. The molecule has 0 radical (unpaired) electrons. The van der Waals surface area contributed by atoms with E-state index in [-0.39, 0.29) is 0 Å². The summed E-state index contributed by atoms with van der Waals surface area (Å²) in [5.41, 5.74) is 6.80. The molecule has 0 atom stereocenters. The standard InChI is InChI=1S/C11H18N4S/c1-14-5-4-10(13-14)8-15-6-2-9(3-7-15)11(12)16/h4-5,9H,2-3,6-8H2,1H3,(H2,12,16). The van der Waals surface area contributed by atoms with Crippen molar-refractivity contribution >= 4 is 17.2 Å². The van der Waals surface area contributed by atoms with Crippen LogP contribution in [-0.4, -0.2) is 32.8 Å². The molecule has 0 amide bonds. The first-order chi connectivity index (χ1) is 7.65. The van der Waals surface area contributed by atoms with Crippen LogP contribution in [0.2, 0.25) is 0 Å². The second-order valence-electron chi connectivity index (χ2n) is 4.43. The number of thiocarbonyl (C=S) groups is 1. The lowest BCUT2D eigenvalue weighted by Gasteiger charge is -2.30. The fraction of sp³-hybridized carbons (Fsp3) is 0.636. The summed E-state index contributed by atoms with van der Waals surface area (Å²) in [5.74, 6) is 0.440. The normalized spacial score (nSPS) is 18.8.